The molecule has 2 nitrogen and oxygen atoms in total. The van der Waals surface area contributed by atoms with Gasteiger partial charge in [0, 0.05) is 0 Å². The van der Waals surface area contributed by atoms with Gasteiger partial charge in [-0.05, 0) is 37.7 Å². The average molecular weight is 184 g/mol. The molecule has 2 heteroatoms. The molecule has 0 saturated carbocycles. The maximum atomic E-state index is 9.73. The van der Waals surface area contributed by atoms with Gasteiger partial charge in [0.2, 0.25) is 0 Å². The van der Waals surface area contributed by atoms with Gasteiger partial charge in [0.25, 0.3) is 0 Å². The molecule has 0 aliphatic carbocycles. The largest absolute Gasteiger partial charge is 0.496 e. The molecule has 0 fully saturated rings. The van der Waals surface area contributed by atoms with Crippen LogP contribution in [0.5, 0.6) is 0 Å². The first-order valence-electron chi connectivity index (χ1n) is 5.21. The van der Waals surface area contributed by atoms with Crippen molar-refractivity contribution in [3.63, 3.8) is 0 Å². The molecular formula is C11H20O2. The summed E-state index contributed by atoms with van der Waals surface area (Å²) in [5, 5.41) is 9.73. The minimum absolute atomic E-state index is 0.373. The zero-order chi connectivity index (χ0) is 9.68. The maximum absolute atomic E-state index is 9.73. The van der Waals surface area contributed by atoms with Crippen LogP contribution in [0.3, 0.4) is 0 Å². The van der Waals surface area contributed by atoms with Crippen molar-refractivity contribution in [1.82, 2.24) is 0 Å². The predicted molar refractivity (Wildman–Crippen MR) is 53.3 cm³/mol. The normalized spacial score (nSPS) is 19.5. The molecule has 1 rings (SSSR count). The van der Waals surface area contributed by atoms with E-state index in [2.05, 4.69) is 13.8 Å². The van der Waals surface area contributed by atoms with Crippen LogP contribution < -0.4 is 0 Å². The molecule has 0 aromatic carbocycles. The van der Waals surface area contributed by atoms with Crippen molar-refractivity contribution >= 4 is 0 Å². The van der Waals surface area contributed by atoms with Gasteiger partial charge in [0.05, 0.1) is 6.61 Å². The van der Waals surface area contributed by atoms with Crippen molar-refractivity contribution in [2.24, 2.45) is 5.92 Å². The van der Waals surface area contributed by atoms with E-state index in [4.69, 9.17) is 4.74 Å². The van der Waals surface area contributed by atoms with Crippen LogP contribution in [0, 0.1) is 5.92 Å². The summed E-state index contributed by atoms with van der Waals surface area (Å²) in [6.45, 7) is 5.11. The Balaban J connectivity index is 2.29. The second kappa shape index (κ2) is 5.28. The van der Waals surface area contributed by atoms with E-state index < -0.39 is 0 Å². The van der Waals surface area contributed by atoms with Crippen molar-refractivity contribution in [1.29, 1.82) is 0 Å². The van der Waals surface area contributed by atoms with E-state index in [1.807, 2.05) is 6.08 Å². The third-order valence-electron chi connectivity index (χ3n) is 2.31. The lowest BCUT2D eigenvalue weighted by Crippen LogP contribution is -2.16. The second-order valence-electron chi connectivity index (χ2n) is 4.08. The number of rotatable bonds is 4. The average Bonchev–Trinajstić information content (AvgIpc) is 2.15. The minimum Gasteiger partial charge on any atom is -0.496 e. The Morgan fingerprint density at radius 1 is 1.46 bits per heavy atom. The van der Waals surface area contributed by atoms with E-state index in [9.17, 15) is 5.11 Å². The molecule has 1 aliphatic heterocycles. The van der Waals surface area contributed by atoms with E-state index >= 15 is 0 Å². The first-order chi connectivity index (χ1) is 6.20. The standard InChI is InChI=1S/C11H20O2/c1-9(2)6-7-10(12)11-5-3-4-8-13-11/h5,9-10,12H,3-4,6-8H2,1-2H3. The van der Waals surface area contributed by atoms with Crippen molar-refractivity contribution in [3.8, 4) is 0 Å². The molecule has 0 bridgehead atoms. The molecular weight excluding hydrogens is 164 g/mol. The molecule has 1 unspecified atom stereocenters. The maximum Gasteiger partial charge on any atom is 0.120 e. The van der Waals surface area contributed by atoms with Crippen molar-refractivity contribution < 1.29 is 9.84 Å². The van der Waals surface area contributed by atoms with Crippen molar-refractivity contribution in [2.45, 2.75) is 45.6 Å². The number of aliphatic hydroxyl groups excluding tert-OH is 1. The first-order valence-corrected chi connectivity index (χ1v) is 5.21. The van der Waals surface area contributed by atoms with E-state index in [-0.39, 0.29) is 6.10 Å². The highest BCUT2D eigenvalue weighted by molar-refractivity contribution is 5.01. The van der Waals surface area contributed by atoms with Gasteiger partial charge in [-0.15, -0.1) is 0 Å². The summed E-state index contributed by atoms with van der Waals surface area (Å²) in [5.74, 6) is 1.45. The molecule has 0 amide bonds. The minimum atomic E-state index is -0.373. The smallest absolute Gasteiger partial charge is 0.120 e. The molecule has 1 atom stereocenters. The molecule has 1 heterocycles. The molecule has 13 heavy (non-hydrogen) atoms. The van der Waals surface area contributed by atoms with Crippen LogP contribution in [0.15, 0.2) is 11.8 Å². The topological polar surface area (TPSA) is 29.5 Å². The SMILES string of the molecule is CC(C)CCC(O)C1=CCCCO1. The summed E-state index contributed by atoms with van der Waals surface area (Å²) in [5.41, 5.74) is 0. The highest BCUT2D eigenvalue weighted by Crippen LogP contribution is 2.18. The summed E-state index contributed by atoms with van der Waals surface area (Å²) in [6, 6.07) is 0. The van der Waals surface area contributed by atoms with Crippen molar-refractivity contribution in [3.05, 3.63) is 11.8 Å². The number of hydrogen-bond acceptors (Lipinski definition) is 2. The third kappa shape index (κ3) is 3.81. The Morgan fingerprint density at radius 3 is 2.77 bits per heavy atom. The number of aliphatic hydroxyl groups is 1. The molecule has 0 aromatic heterocycles. The summed E-state index contributed by atoms with van der Waals surface area (Å²) in [4.78, 5) is 0. The summed E-state index contributed by atoms with van der Waals surface area (Å²) >= 11 is 0. The van der Waals surface area contributed by atoms with E-state index in [1.54, 1.807) is 0 Å². The molecule has 1 aliphatic rings. The molecule has 76 valence electrons. The molecule has 0 spiro atoms. The van der Waals surface area contributed by atoms with Crippen LogP contribution in [-0.2, 0) is 4.74 Å². The molecule has 1 N–H and O–H groups in total. The summed E-state index contributed by atoms with van der Waals surface area (Å²) < 4.78 is 5.38. The lowest BCUT2D eigenvalue weighted by molar-refractivity contribution is 0.0834. The Bertz CT molecular complexity index is 173. The fraction of sp³-hybridized carbons (Fsp3) is 0.818. The lowest BCUT2D eigenvalue weighted by atomic mass is 10.0. The quantitative estimate of drug-likeness (QED) is 0.727. The first kappa shape index (κ1) is 10.6. The molecule has 0 radical (unpaired) electrons. The van der Waals surface area contributed by atoms with Crippen LogP contribution in [0.25, 0.3) is 0 Å². The zero-order valence-corrected chi connectivity index (χ0v) is 8.62. The van der Waals surface area contributed by atoms with Gasteiger partial charge in [-0.2, -0.15) is 0 Å². The van der Waals surface area contributed by atoms with Gasteiger partial charge in [-0.3, -0.25) is 0 Å². The molecule has 0 saturated heterocycles. The lowest BCUT2D eigenvalue weighted by Gasteiger charge is -2.20. The highest BCUT2D eigenvalue weighted by atomic mass is 16.5. The number of ether oxygens (including phenoxy) is 1. The van der Waals surface area contributed by atoms with Crippen LogP contribution in [0.1, 0.15) is 39.5 Å². The predicted octanol–water partition coefficient (Wildman–Crippen LogP) is 2.48. The molecule has 0 aromatic rings. The van der Waals surface area contributed by atoms with Crippen LogP contribution in [-0.4, -0.2) is 17.8 Å². The van der Waals surface area contributed by atoms with Gasteiger partial charge in [-0.25, -0.2) is 0 Å². The van der Waals surface area contributed by atoms with Crippen LogP contribution >= 0.6 is 0 Å². The van der Waals surface area contributed by atoms with Gasteiger partial charge in [-0.1, -0.05) is 13.8 Å². The van der Waals surface area contributed by atoms with Crippen LogP contribution in [0.4, 0.5) is 0 Å². The van der Waals surface area contributed by atoms with Gasteiger partial charge >= 0.3 is 0 Å². The van der Waals surface area contributed by atoms with Gasteiger partial charge < -0.3 is 9.84 Å². The zero-order valence-electron chi connectivity index (χ0n) is 8.62. The second-order valence-corrected chi connectivity index (χ2v) is 4.08. The Hall–Kier alpha value is -0.500. The monoisotopic (exact) mass is 184 g/mol. The van der Waals surface area contributed by atoms with Crippen molar-refractivity contribution in [2.75, 3.05) is 6.61 Å². The fourth-order valence-electron chi connectivity index (χ4n) is 1.44. The third-order valence-corrected chi connectivity index (χ3v) is 2.31. The summed E-state index contributed by atoms with van der Waals surface area (Å²) in [6.07, 6.45) is 5.66. The highest BCUT2D eigenvalue weighted by Gasteiger charge is 2.14. The van der Waals surface area contributed by atoms with E-state index in [0.717, 1.165) is 38.0 Å². The van der Waals surface area contributed by atoms with E-state index in [0.29, 0.717) is 5.92 Å². The Kier molecular flexibility index (Phi) is 4.29. The Morgan fingerprint density at radius 2 is 2.23 bits per heavy atom. The number of hydrogen-bond donors (Lipinski definition) is 1. The van der Waals surface area contributed by atoms with E-state index in [1.165, 1.54) is 0 Å². The summed E-state index contributed by atoms with van der Waals surface area (Å²) in [7, 11) is 0. The number of allylic oxidation sites excluding steroid dienone is 1. The van der Waals surface area contributed by atoms with Gasteiger partial charge in [0.15, 0.2) is 0 Å². The van der Waals surface area contributed by atoms with Gasteiger partial charge in [0.1, 0.15) is 11.9 Å². The Labute approximate surface area is 80.6 Å². The van der Waals surface area contributed by atoms with Crippen LogP contribution in [0.2, 0.25) is 0 Å². The fourth-order valence-corrected chi connectivity index (χ4v) is 1.44.